The Morgan fingerprint density at radius 3 is 2.45 bits per heavy atom. The molecule has 0 bridgehead atoms. The fourth-order valence-electron chi connectivity index (χ4n) is 3.49. The lowest BCUT2D eigenvalue weighted by atomic mass is 10.1. The number of likely N-dealkylation sites (tertiary alicyclic amines) is 1. The lowest BCUT2D eigenvalue weighted by Gasteiger charge is -2.15. The van der Waals surface area contributed by atoms with Crippen LogP contribution in [0, 0.1) is 0 Å². The van der Waals surface area contributed by atoms with Gasteiger partial charge in [-0.2, -0.15) is 5.10 Å². The van der Waals surface area contributed by atoms with E-state index in [1.807, 2.05) is 58.2 Å². The molecule has 0 saturated carbocycles. The van der Waals surface area contributed by atoms with Crippen molar-refractivity contribution in [3.63, 3.8) is 0 Å². The van der Waals surface area contributed by atoms with E-state index in [0.717, 1.165) is 24.1 Å². The van der Waals surface area contributed by atoms with Gasteiger partial charge < -0.3 is 10.2 Å². The summed E-state index contributed by atoms with van der Waals surface area (Å²) in [5.41, 5.74) is 3.79. The molecule has 29 heavy (non-hydrogen) atoms. The zero-order chi connectivity index (χ0) is 20.1. The summed E-state index contributed by atoms with van der Waals surface area (Å²) in [7, 11) is 0. The third-order valence-electron chi connectivity index (χ3n) is 5.09. The summed E-state index contributed by atoms with van der Waals surface area (Å²) in [5, 5.41) is 7.30. The summed E-state index contributed by atoms with van der Waals surface area (Å²) in [6.07, 6.45) is 5.30. The van der Waals surface area contributed by atoms with Crippen LogP contribution in [0.4, 0.5) is 0 Å². The van der Waals surface area contributed by atoms with Crippen molar-refractivity contribution in [1.82, 2.24) is 20.0 Å². The first kappa shape index (κ1) is 18.9. The molecule has 0 atom stereocenters. The maximum atomic E-state index is 12.4. The van der Waals surface area contributed by atoms with Crippen molar-refractivity contribution in [3.8, 4) is 0 Å². The number of amides is 2. The number of carbonyl (C=O) groups excluding carboxylic acids is 2. The summed E-state index contributed by atoms with van der Waals surface area (Å²) in [6, 6.07) is 17.6. The second-order valence-corrected chi connectivity index (χ2v) is 7.33. The van der Waals surface area contributed by atoms with Gasteiger partial charge in [-0.1, -0.05) is 42.5 Å². The van der Waals surface area contributed by atoms with E-state index < -0.39 is 0 Å². The van der Waals surface area contributed by atoms with Gasteiger partial charge in [0.1, 0.15) is 0 Å². The van der Waals surface area contributed by atoms with Crippen LogP contribution >= 0.6 is 0 Å². The zero-order valence-electron chi connectivity index (χ0n) is 16.3. The van der Waals surface area contributed by atoms with Gasteiger partial charge in [-0.25, -0.2) is 0 Å². The number of aromatic nitrogens is 2. The normalized spacial score (nSPS) is 13.7. The summed E-state index contributed by atoms with van der Waals surface area (Å²) in [6.45, 7) is 2.56. The van der Waals surface area contributed by atoms with Crippen molar-refractivity contribution in [2.75, 3.05) is 6.54 Å². The predicted molar refractivity (Wildman–Crippen MR) is 110 cm³/mol. The molecule has 0 unspecified atom stereocenters. The number of hydrogen-bond donors (Lipinski definition) is 1. The third-order valence-corrected chi connectivity index (χ3v) is 5.09. The molecule has 1 aromatic heterocycles. The van der Waals surface area contributed by atoms with Gasteiger partial charge in [-0.05, 0) is 29.7 Å². The second-order valence-electron chi connectivity index (χ2n) is 7.33. The van der Waals surface area contributed by atoms with Gasteiger partial charge in [0.2, 0.25) is 5.91 Å². The third kappa shape index (κ3) is 4.90. The number of nitrogens with zero attached hydrogens (tertiary/aromatic N) is 3. The van der Waals surface area contributed by atoms with Crippen LogP contribution in [-0.2, 0) is 24.4 Å². The maximum Gasteiger partial charge on any atom is 0.251 e. The Labute approximate surface area is 170 Å². The fourth-order valence-corrected chi connectivity index (χ4v) is 3.49. The van der Waals surface area contributed by atoms with Crippen LogP contribution in [0.15, 0.2) is 67.0 Å². The molecule has 148 valence electrons. The van der Waals surface area contributed by atoms with E-state index in [-0.39, 0.29) is 11.8 Å². The average Bonchev–Trinajstić information content (AvgIpc) is 3.36. The van der Waals surface area contributed by atoms with Crippen LogP contribution in [0.1, 0.15) is 39.9 Å². The Balaban J connectivity index is 1.29. The first-order chi connectivity index (χ1) is 14.2. The molecule has 1 N–H and O–H groups in total. The molecule has 1 saturated heterocycles. The van der Waals surface area contributed by atoms with Gasteiger partial charge in [0.05, 0.1) is 12.7 Å². The van der Waals surface area contributed by atoms with E-state index >= 15 is 0 Å². The molecule has 0 spiro atoms. The minimum Gasteiger partial charge on any atom is -0.348 e. The Kier molecular flexibility index (Phi) is 5.70. The Morgan fingerprint density at radius 1 is 0.966 bits per heavy atom. The molecule has 2 amide bonds. The van der Waals surface area contributed by atoms with E-state index in [1.165, 1.54) is 5.56 Å². The molecular formula is C23H24N4O2. The largest absolute Gasteiger partial charge is 0.348 e. The monoisotopic (exact) mass is 388 g/mol. The molecule has 6 heteroatoms. The van der Waals surface area contributed by atoms with Gasteiger partial charge >= 0.3 is 0 Å². The Morgan fingerprint density at radius 2 is 1.72 bits per heavy atom. The van der Waals surface area contributed by atoms with Crippen molar-refractivity contribution >= 4 is 11.8 Å². The van der Waals surface area contributed by atoms with Crippen molar-refractivity contribution in [2.24, 2.45) is 0 Å². The van der Waals surface area contributed by atoms with Crippen LogP contribution in [-0.4, -0.2) is 33.0 Å². The van der Waals surface area contributed by atoms with Crippen LogP contribution in [0.2, 0.25) is 0 Å². The van der Waals surface area contributed by atoms with Gasteiger partial charge in [-0.3, -0.25) is 14.3 Å². The number of nitrogens with one attached hydrogen (secondary N) is 1. The van der Waals surface area contributed by atoms with Crippen molar-refractivity contribution < 1.29 is 9.59 Å². The summed E-state index contributed by atoms with van der Waals surface area (Å²) in [5.74, 6) is 0.0873. The number of benzene rings is 2. The standard InChI is InChI=1S/C23H24N4O2/c28-22-7-4-12-26(22)15-19-8-10-21(11-9-19)23(29)24-13-20-14-25-27(17-20)16-18-5-2-1-3-6-18/h1-3,5-6,8-11,14,17H,4,7,12-13,15-16H2,(H,24,29). The quantitative estimate of drug-likeness (QED) is 0.677. The topological polar surface area (TPSA) is 67.2 Å². The molecule has 1 aliphatic rings. The first-order valence-electron chi connectivity index (χ1n) is 9.87. The molecule has 6 nitrogen and oxygen atoms in total. The Bertz CT molecular complexity index is 980. The number of carbonyl (C=O) groups is 2. The van der Waals surface area contributed by atoms with Crippen LogP contribution in [0.25, 0.3) is 0 Å². The van der Waals surface area contributed by atoms with E-state index in [9.17, 15) is 9.59 Å². The molecular weight excluding hydrogens is 364 g/mol. The lowest BCUT2D eigenvalue weighted by molar-refractivity contribution is -0.128. The smallest absolute Gasteiger partial charge is 0.251 e. The second kappa shape index (κ2) is 8.73. The predicted octanol–water partition coefficient (Wildman–Crippen LogP) is 2.98. The fraction of sp³-hybridized carbons (Fsp3) is 0.261. The van der Waals surface area contributed by atoms with E-state index in [0.29, 0.717) is 31.6 Å². The van der Waals surface area contributed by atoms with Gasteiger partial charge in [0.15, 0.2) is 0 Å². The van der Waals surface area contributed by atoms with E-state index in [4.69, 9.17) is 0 Å². The first-order valence-corrected chi connectivity index (χ1v) is 9.87. The number of rotatable bonds is 7. The van der Waals surface area contributed by atoms with E-state index in [2.05, 4.69) is 22.5 Å². The molecule has 2 heterocycles. The molecule has 1 aliphatic heterocycles. The molecule has 2 aromatic carbocycles. The minimum absolute atomic E-state index is 0.121. The van der Waals surface area contributed by atoms with Crippen molar-refractivity contribution in [2.45, 2.75) is 32.5 Å². The van der Waals surface area contributed by atoms with Crippen molar-refractivity contribution in [1.29, 1.82) is 0 Å². The average molecular weight is 388 g/mol. The molecule has 1 fully saturated rings. The molecule has 0 radical (unpaired) electrons. The summed E-state index contributed by atoms with van der Waals surface area (Å²) >= 11 is 0. The highest BCUT2D eigenvalue weighted by atomic mass is 16.2. The maximum absolute atomic E-state index is 12.4. The lowest BCUT2D eigenvalue weighted by Crippen LogP contribution is -2.24. The van der Waals surface area contributed by atoms with Crippen molar-refractivity contribution in [3.05, 3.63) is 89.2 Å². The highest BCUT2D eigenvalue weighted by molar-refractivity contribution is 5.94. The number of hydrogen-bond acceptors (Lipinski definition) is 3. The van der Waals surface area contributed by atoms with Gasteiger partial charge in [-0.15, -0.1) is 0 Å². The molecule has 3 aromatic rings. The van der Waals surface area contributed by atoms with Gasteiger partial charge in [0, 0.05) is 43.4 Å². The molecule has 4 rings (SSSR count). The summed E-state index contributed by atoms with van der Waals surface area (Å²) in [4.78, 5) is 26.0. The zero-order valence-corrected chi connectivity index (χ0v) is 16.3. The summed E-state index contributed by atoms with van der Waals surface area (Å²) < 4.78 is 1.87. The SMILES string of the molecule is O=C(NCc1cnn(Cc2ccccc2)c1)c1ccc(CN2CCCC2=O)cc1. The highest BCUT2D eigenvalue weighted by Gasteiger charge is 2.20. The molecule has 0 aliphatic carbocycles. The van der Waals surface area contributed by atoms with Crippen LogP contribution < -0.4 is 5.32 Å². The Hall–Kier alpha value is -3.41. The van der Waals surface area contributed by atoms with Crippen LogP contribution in [0.3, 0.4) is 0 Å². The van der Waals surface area contributed by atoms with E-state index in [1.54, 1.807) is 6.20 Å². The highest BCUT2D eigenvalue weighted by Crippen LogP contribution is 2.15. The van der Waals surface area contributed by atoms with Gasteiger partial charge in [0.25, 0.3) is 5.91 Å². The van der Waals surface area contributed by atoms with Crippen LogP contribution in [0.5, 0.6) is 0 Å². The minimum atomic E-state index is -0.121.